The maximum Gasteiger partial charge on any atom is 0.434 e. The molecule has 0 bridgehead atoms. The van der Waals surface area contributed by atoms with E-state index in [9.17, 15) is 23.1 Å². The molecule has 1 atom stereocenters. The van der Waals surface area contributed by atoms with Crippen molar-refractivity contribution in [3.05, 3.63) is 56.9 Å². The van der Waals surface area contributed by atoms with Crippen molar-refractivity contribution in [2.24, 2.45) is 7.05 Å². The number of nitrogens with zero attached hydrogens (tertiary/aromatic N) is 4. The summed E-state index contributed by atoms with van der Waals surface area (Å²) in [5.74, 6) is 0. The summed E-state index contributed by atoms with van der Waals surface area (Å²) in [6.07, 6.45) is -2.21. The molecule has 1 unspecified atom stereocenters. The average molecular weight is 401 g/mol. The molecule has 0 saturated carbocycles. The van der Waals surface area contributed by atoms with Crippen molar-refractivity contribution >= 4 is 22.5 Å². The van der Waals surface area contributed by atoms with Crippen molar-refractivity contribution < 1.29 is 18.3 Å². The van der Waals surface area contributed by atoms with E-state index in [0.29, 0.717) is 11.9 Å². The first-order valence-electron chi connectivity index (χ1n) is 8.00. The molecule has 0 radical (unpaired) electrons. The quantitative estimate of drug-likeness (QED) is 0.733. The average Bonchev–Trinajstić information content (AvgIpc) is 2.91. The second kappa shape index (κ2) is 6.35. The van der Waals surface area contributed by atoms with Crippen molar-refractivity contribution in [1.82, 2.24) is 19.3 Å². The monoisotopic (exact) mass is 400 g/mol. The zero-order valence-electron chi connectivity index (χ0n) is 14.7. The first-order chi connectivity index (χ1) is 12.5. The van der Waals surface area contributed by atoms with Crippen molar-refractivity contribution in [3.8, 4) is 0 Å². The van der Waals surface area contributed by atoms with Gasteiger partial charge in [-0.15, -0.1) is 0 Å². The van der Waals surface area contributed by atoms with E-state index in [1.807, 2.05) is 6.92 Å². The van der Waals surface area contributed by atoms with Gasteiger partial charge in [-0.25, -0.2) is 4.98 Å². The number of aliphatic hydroxyl groups is 1. The molecule has 3 rings (SSSR count). The molecule has 0 aliphatic heterocycles. The van der Waals surface area contributed by atoms with Crippen LogP contribution in [0.2, 0.25) is 5.02 Å². The Kier molecular flexibility index (Phi) is 4.55. The van der Waals surface area contributed by atoms with Gasteiger partial charge in [0.2, 0.25) is 0 Å². The van der Waals surface area contributed by atoms with E-state index in [2.05, 4.69) is 10.1 Å². The molecule has 0 fully saturated rings. The summed E-state index contributed by atoms with van der Waals surface area (Å²) >= 11 is 5.73. The van der Waals surface area contributed by atoms with Gasteiger partial charge in [-0.3, -0.25) is 9.48 Å². The normalized spacial score (nSPS) is 14.5. The van der Waals surface area contributed by atoms with E-state index in [1.165, 1.54) is 16.2 Å². The minimum Gasteiger partial charge on any atom is -0.379 e. The highest BCUT2D eigenvalue weighted by Crippen LogP contribution is 2.38. The van der Waals surface area contributed by atoms with Crippen molar-refractivity contribution in [2.45, 2.75) is 32.2 Å². The highest BCUT2D eigenvalue weighted by molar-refractivity contribution is 6.31. The number of alkyl halides is 3. The maximum atomic E-state index is 12.9. The number of hydrogen-bond acceptors (Lipinski definition) is 4. The fraction of sp³-hybridized carbons (Fsp3) is 0.353. The van der Waals surface area contributed by atoms with Crippen LogP contribution < -0.4 is 5.56 Å². The summed E-state index contributed by atoms with van der Waals surface area (Å²) in [5, 5.41) is 15.1. The van der Waals surface area contributed by atoms with Gasteiger partial charge in [0.1, 0.15) is 5.60 Å². The Balaban J connectivity index is 2.21. The van der Waals surface area contributed by atoms with E-state index in [1.54, 1.807) is 19.3 Å². The lowest BCUT2D eigenvalue weighted by atomic mass is 9.91. The lowest BCUT2D eigenvalue weighted by Gasteiger charge is -2.25. The van der Waals surface area contributed by atoms with Crippen LogP contribution in [0.1, 0.15) is 30.8 Å². The maximum absolute atomic E-state index is 12.9. The summed E-state index contributed by atoms with van der Waals surface area (Å²) in [7, 11) is 1.54. The van der Waals surface area contributed by atoms with Gasteiger partial charge in [0.15, 0.2) is 11.2 Å². The summed E-state index contributed by atoms with van der Waals surface area (Å²) in [6.45, 7) is 3.65. The van der Waals surface area contributed by atoms with Crippen LogP contribution in [0, 0.1) is 0 Å². The lowest BCUT2D eigenvalue weighted by Crippen LogP contribution is -2.27. The number of halogens is 4. The van der Waals surface area contributed by atoms with Crippen LogP contribution in [0.4, 0.5) is 13.2 Å². The van der Waals surface area contributed by atoms with Crippen LogP contribution in [0.3, 0.4) is 0 Å². The molecule has 3 aromatic rings. The molecular weight excluding hydrogens is 385 g/mol. The Labute approximate surface area is 156 Å². The van der Waals surface area contributed by atoms with Crippen LogP contribution in [0.5, 0.6) is 0 Å². The molecule has 1 N–H and O–H groups in total. The SMILES string of the molecule is CCn1ccc2c(C(C)(O)c3cnc(C(F)(F)F)c(Cl)c3)n(C)nc2c1=O. The molecule has 3 heterocycles. The molecule has 0 saturated heterocycles. The topological polar surface area (TPSA) is 72.9 Å². The predicted octanol–water partition coefficient (Wildman–Crippen LogP) is 3.08. The smallest absolute Gasteiger partial charge is 0.379 e. The Morgan fingerprint density at radius 2 is 2.00 bits per heavy atom. The Bertz CT molecular complexity index is 1090. The van der Waals surface area contributed by atoms with Gasteiger partial charge in [-0.05, 0) is 26.0 Å². The van der Waals surface area contributed by atoms with Crippen molar-refractivity contribution in [1.29, 1.82) is 0 Å². The molecule has 10 heteroatoms. The molecule has 0 aliphatic carbocycles. The molecule has 144 valence electrons. The zero-order valence-corrected chi connectivity index (χ0v) is 15.4. The Morgan fingerprint density at radius 1 is 1.33 bits per heavy atom. The number of fused-ring (bicyclic) bond motifs is 1. The number of aromatic nitrogens is 4. The number of rotatable bonds is 3. The predicted molar refractivity (Wildman–Crippen MR) is 93.6 cm³/mol. The fourth-order valence-corrected chi connectivity index (χ4v) is 3.37. The van der Waals surface area contributed by atoms with E-state index in [-0.39, 0.29) is 22.3 Å². The van der Waals surface area contributed by atoms with Gasteiger partial charge in [0, 0.05) is 36.9 Å². The molecule has 0 spiro atoms. The highest BCUT2D eigenvalue weighted by atomic mass is 35.5. The van der Waals surface area contributed by atoms with Crippen LogP contribution in [0.15, 0.2) is 29.3 Å². The molecule has 0 amide bonds. The van der Waals surface area contributed by atoms with Crippen molar-refractivity contribution in [2.75, 3.05) is 0 Å². The molecule has 0 aliphatic rings. The van der Waals surface area contributed by atoms with Gasteiger partial charge in [-0.1, -0.05) is 11.6 Å². The second-order valence-corrected chi connectivity index (χ2v) is 6.67. The standard InChI is InChI=1S/C17H16ClF3N4O2/c1-4-25-6-5-10-12(15(25)26)23-24(3)14(10)16(2,27)9-7-11(18)13(22-8-9)17(19,20)21/h5-8,27H,4H2,1-3H3. The van der Waals surface area contributed by atoms with Gasteiger partial charge < -0.3 is 9.67 Å². The molecule has 6 nitrogen and oxygen atoms in total. The number of aryl methyl sites for hydroxylation is 2. The van der Waals surface area contributed by atoms with Gasteiger partial charge in [0.25, 0.3) is 5.56 Å². The number of pyridine rings is 2. The Morgan fingerprint density at radius 3 is 2.56 bits per heavy atom. The van der Waals surface area contributed by atoms with E-state index >= 15 is 0 Å². The third-order valence-corrected chi connectivity index (χ3v) is 4.73. The summed E-state index contributed by atoms with van der Waals surface area (Å²) in [5.41, 5.74) is -2.89. The van der Waals surface area contributed by atoms with E-state index in [4.69, 9.17) is 11.6 Å². The third kappa shape index (κ3) is 3.10. The molecule has 0 aromatic carbocycles. The first-order valence-corrected chi connectivity index (χ1v) is 8.38. The lowest BCUT2D eigenvalue weighted by molar-refractivity contribution is -0.141. The fourth-order valence-electron chi connectivity index (χ4n) is 3.10. The minimum absolute atomic E-state index is 0.0464. The molecule has 27 heavy (non-hydrogen) atoms. The van der Waals surface area contributed by atoms with Crippen LogP contribution in [-0.2, 0) is 25.4 Å². The van der Waals surface area contributed by atoms with E-state index in [0.717, 1.165) is 12.3 Å². The first kappa shape index (κ1) is 19.4. The molecular formula is C17H16ClF3N4O2. The van der Waals surface area contributed by atoms with Gasteiger partial charge >= 0.3 is 6.18 Å². The van der Waals surface area contributed by atoms with Gasteiger partial charge in [0.05, 0.1) is 10.7 Å². The largest absolute Gasteiger partial charge is 0.434 e. The summed E-state index contributed by atoms with van der Waals surface area (Å²) in [6, 6.07) is 2.65. The van der Waals surface area contributed by atoms with Crippen molar-refractivity contribution in [3.63, 3.8) is 0 Å². The van der Waals surface area contributed by atoms with Gasteiger partial charge in [-0.2, -0.15) is 18.3 Å². The van der Waals surface area contributed by atoms with Crippen LogP contribution in [0.25, 0.3) is 10.9 Å². The summed E-state index contributed by atoms with van der Waals surface area (Å²) < 4.78 is 41.4. The van der Waals surface area contributed by atoms with Crippen LogP contribution >= 0.6 is 11.6 Å². The number of hydrogen-bond donors (Lipinski definition) is 1. The highest BCUT2D eigenvalue weighted by Gasteiger charge is 2.38. The van der Waals surface area contributed by atoms with Crippen LogP contribution in [-0.4, -0.2) is 24.4 Å². The third-order valence-electron chi connectivity index (χ3n) is 4.44. The minimum atomic E-state index is -4.70. The second-order valence-electron chi connectivity index (χ2n) is 6.27. The molecule has 3 aromatic heterocycles. The van der Waals surface area contributed by atoms with E-state index < -0.39 is 22.5 Å². The Hall–Kier alpha value is -2.39. The zero-order chi connectivity index (χ0) is 20.1. The summed E-state index contributed by atoms with van der Waals surface area (Å²) in [4.78, 5) is 15.8.